The predicted molar refractivity (Wildman–Crippen MR) is 76.4 cm³/mol. The van der Waals surface area contributed by atoms with Crippen LogP contribution in [0.1, 0.15) is 58.3 Å². The molecule has 0 amide bonds. The second kappa shape index (κ2) is 4.79. The lowest BCUT2D eigenvalue weighted by atomic mass is 9.71. The zero-order valence-corrected chi connectivity index (χ0v) is 12.0. The lowest BCUT2D eigenvalue weighted by Crippen LogP contribution is -2.44. The van der Waals surface area contributed by atoms with Gasteiger partial charge in [0.15, 0.2) is 0 Å². The van der Waals surface area contributed by atoms with E-state index in [1.807, 2.05) is 0 Å². The van der Waals surface area contributed by atoms with Crippen LogP contribution in [0.5, 0.6) is 0 Å². The van der Waals surface area contributed by atoms with Crippen molar-refractivity contribution >= 4 is 0 Å². The number of rotatable bonds is 6. The Morgan fingerprint density at radius 1 is 1.00 bits per heavy atom. The highest BCUT2D eigenvalue weighted by Gasteiger charge is 2.53. The van der Waals surface area contributed by atoms with Gasteiger partial charge in [-0.15, -0.1) is 0 Å². The van der Waals surface area contributed by atoms with Gasteiger partial charge in [0.25, 0.3) is 0 Å². The molecule has 3 aliphatic carbocycles. The van der Waals surface area contributed by atoms with Crippen LogP contribution in [-0.2, 0) is 0 Å². The predicted octanol–water partition coefficient (Wildman–Crippen LogP) is 2.92. The number of nitrogens with one attached hydrogen (secondary N) is 1. The largest absolute Gasteiger partial charge is 0.330 e. The lowest BCUT2D eigenvalue weighted by molar-refractivity contribution is 0.155. The maximum absolute atomic E-state index is 6.08. The molecule has 0 aromatic rings. The number of hydrogen-bond acceptors (Lipinski definition) is 2. The van der Waals surface area contributed by atoms with Gasteiger partial charge in [-0.05, 0) is 67.7 Å². The molecule has 18 heavy (non-hydrogen) atoms. The van der Waals surface area contributed by atoms with E-state index in [2.05, 4.69) is 12.2 Å². The Bertz CT molecular complexity index is 283. The molecule has 3 saturated carbocycles. The molecule has 0 bridgehead atoms. The maximum Gasteiger partial charge on any atom is 0.00201 e. The minimum Gasteiger partial charge on any atom is -0.330 e. The van der Waals surface area contributed by atoms with E-state index in [4.69, 9.17) is 5.73 Å². The molecule has 3 rings (SSSR count). The van der Waals surface area contributed by atoms with Crippen molar-refractivity contribution in [2.75, 3.05) is 19.6 Å². The van der Waals surface area contributed by atoms with Crippen molar-refractivity contribution in [2.24, 2.45) is 28.4 Å². The summed E-state index contributed by atoms with van der Waals surface area (Å²) in [4.78, 5) is 0. The molecule has 3 fully saturated rings. The molecule has 0 spiro atoms. The summed E-state index contributed by atoms with van der Waals surface area (Å²) in [5, 5.41) is 3.81. The molecule has 0 atom stereocenters. The summed E-state index contributed by atoms with van der Waals surface area (Å²) in [5.41, 5.74) is 7.24. The first-order valence-corrected chi connectivity index (χ1v) is 8.09. The van der Waals surface area contributed by atoms with Crippen LogP contribution in [0.4, 0.5) is 0 Å². The van der Waals surface area contributed by atoms with Crippen LogP contribution in [0, 0.1) is 22.7 Å². The van der Waals surface area contributed by atoms with Crippen molar-refractivity contribution in [3.63, 3.8) is 0 Å². The first-order valence-electron chi connectivity index (χ1n) is 8.09. The highest BCUT2D eigenvalue weighted by Crippen LogP contribution is 2.60. The van der Waals surface area contributed by atoms with Crippen molar-refractivity contribution < 1.29 is 0 Å². The quantitative estimate of drug-likeness (QED) is 0.760. The fourth-order valence-corrected chi connectivity index (χ4v) is 3.99. The number of hydrogen-bond donors (Lipinski definition) is 2. The summed E-state index contributed by atoms with van der Waals surface area (Å²) in [7, 11) is 0. The molecular formula is C16H30N2. The third-order valence-corrected chi connectivity index (χ3v) is 6.08. The summed E-state index contributed by atoms with van der Waals surface area (Å²) >= 11 is 0. The smallest absolute Gasteiger partial charge is 0.00201 e. The van der Waals surface area contributed by atoms with Crippen LogP contribution < -0.4 is 11.1 Å². The van der Waals surface area contributed by atoms with E-state index in [1.165, 1.54) is 64.5 Å². The fourth-order valence-electron chi connectivity index (χ4n) is 3.99. The van der Waals surface area contributed by atoms with Gasteiger partial charge in [-0.2, -0.15) is 0 Å². The van der Waals surface area contributed by atoms with Crippen LogP contribution in [0.15, 0.2) is 0 Å². The van der Waals surface area contributed by atoms with Crippen molar-refractivity contribution in [3.05, 3.63) is 0 Å². The third-order valence-electron chi connectivity index (χ3n) is 6.08. The Morgan fingerprint density at radius 3 is 2.17 bits per heavy atom. The normalized spacial score (nSPS) is 38.7. The molecular weight excluding hydrogens is 220 g/mol. The summed E-state index contributed by atoms with van der Waals surface area (Å²) in [5.74, 6) is 2.00. The van der Waals surface area contributed by atoms with Crippen LogP contribution in [0.25, 0.3) is 0 Å². The van der Waals surface area contributed by atoms with Crippen molar-refractivity contribution in [2.45, 2.75) is 58.3 Å². The summed E-state index contributed by atoms with van der Waals surface area (Å²) in [6.07, 6.45) is 11.4. The monoisotopic (exact) mass is 250 g/mol. The molecule has 0 aromatic carbocycles. The average molecular weight is 250 g/mol. The SMILES string of the molecule is CC1CCC(CN)(CNCC2(C3CC3)CC2)CC1. The first kappa shape index (κ1) is 12.9. The van der Waals surface area contributed by atoms with Gasteiger partial charge in [-0.25, -0.2) is 0 Å². The second-order valence-corrected chi connectivity index (χ2v) is 7.63. The van der Waals surface area contributed by atoms with Crippen molar-refractivity contribution in [1.29, 1.82) is 0 Å². The average Bonchev–Trinajstić information content (AvgIpc) is 3.25. The molecule has 0 heterocycles. The zero-order chi connectivity index (χ0) is 12.6. The molecule has 2 nitrogen and oxygen atoms in total. The van der Waals surface area contributed by atoms with Crippen LogP contribution in [0.2, 0.25) is 0 Å². The Kier molecular flexibility index (Phi) is 3.44. The fraction of sp³-hybridized carbons (Fsp3) is 1.00. The summed E-state index contributed by atoms with van der Waals surface area (Å²) in [6.45, 7) is 5.71. The van der Waals surface area contributed by atoms with Crippen LogP contribution in [-0.4, -0.2) is 19.6 Å². The number of nitrogens with two attached hydrogens (primary N) is 1. The highest BCUT2D eigenvalue weighted by molar-refractivity contribution is 5.05. The molecule has 0 aromatic heterocycles. The minimum atomic E-state index is 0.423. The Labute approximate surface area is 112 Å². The molecule has 3 N–H and O–H groups in total. The minimum absolute atomic E-state index is 0.423. The molecule has 0 aliphatic heterocycles. The Balaban J connectivity index is 1.46. The van der Waals surface area contributed by atoms with E-state index < -0.39 is 0 Å². The lowest BCUT2D eigenvalue weighted by Gasteiger charge is -2.39. The van der Waals surface area contributed by atoms with Gasteiger partial charge >= 0.3 is 0 Å². The zero-order valence-electron chi connectivity index (χ0n) is 12.0. The van der Waals surface area contributed by atoms with Crippen molar-refractivity contribution in [3.8, 4) is 0 Å². The van der Waals surface area contributed by atoms with Crippen LogP contribution in [0.3, 0.4) is 0 Å². The van der Waals surface area contributed by atoms with Gasteiger partial charge in [-0.1, -0.05) is 19.8 Å². The standard InChI is InChI=1S/C16H30N2/c1-13-4-6-15(10-17,7-5-13)11-18-12-16(8-9-16)14-2-3-14/h13-14,18H,2-12,17H2,1H3. The van der Waals surface area contributed by atoms with Crippen molar-refractivity contribution in [1.82, 2.24) is 5.32 Å². The topological polar surface area (TPSA) is 38.0 Å². The van der Waals surface area contributed by atoms with E-state index in [0.29, 0.717) is 5.41 Å². The Morgan fingerprint density at radius 2 is 1.67 bits per heavy atom. The Hall–Kier alpha value is -0.0800. The second-order valence-electron chi connectivity index (χ2n) is 7.63. The molecule has 2 heteroatoms. The van der Waals surface area contributed by atoms with Gasteiger partial charge in [0.1, 0.15) is 0 Å². The van der Waals surface area contributed by atoms with Crippen LogP contribution >= 0.6 is 0 Å². The maximum atomic E-state index is 6.08. The van der Waals surface area contributed by atoms with Gasteiger partial charge in [0.2, 0.25) is 0 Å². The molecule has 3 aliphatic rings. The molecule has 0 unspecified atom stereocenters. The first-order chi connectivity index (χ1) is 8.68. The van der Waals surface area contributed by atoms with E-state index >= 15 is 0 Å². The molecule has 0 saturated heterocycles. The van der Waals surface area contributed by atoms with E-state index in [1.54, 1.807) is 0 Å². The summed E-state index contributed by atoms with van der Waals surface area (Å²) < 4.78 is 0. The van der Waals surface area contributed by atoms with Gasteiger partial charge in [0.05, 0.1) is 0 Å². The van der Waals surface area contributed by atoms with E-state index in [9.17, 15) is 0 Å². The van der Waals surface area contributed by atoms with Gasteiger partial charge in [-0.3, -0.25) is 0 Å². The van der Waals surface area contributed by atoms with Gasteiger partial charge in [0, 0.05) is 13.1 Å². The molecule has 104 valence electrons. The van der Waals surface area contributed by atoms with Gasteiger partial charge < -0.3 is 11.1 Å². The highest BCUT2D eigenvalue weighted by atomic mass is 14.9. The third kappa shape index (κ3) is 2.60. The van der Waals surface area contributed by atoms with E-state index in [0.717, 1.165) is 23.8 Å². The summed E-state index contributed by atoms with van der Waals surface area (Å²) in [6, 6.07) is 0. The molecule has 0 radical (unpaired) electrons. The van der Waals surface area contributed by atoms with E-state index in [-0.39, 0.29) is 0 Å².